The molecule has 2 aromatic heterocycles. The average molecular weight is 715 g/mol. The number of hydrogen-bond donors (Lipinski definition) is 2. The molecule has 4 heterocycles. The molecule has 1 atom stereocenters. The Morgan fingerprint density at radius 2 is 1.74 bits per heavy atom. The molecular weight excluding hydrogens is 669 g/mol. The lowest BCUT2D eigenvalue weighted by Crippen LogP contribution is -2.48. The first-order valence-electron chi connectivity index (χ1n) is 17.2. The summed E-state index contributed by atoms with van der Waals surface area (Å²) in [6.45, 7) is 6.37. The summed E-state index contributed by atoms with van der Waals surface area (Å²) in [5.41, 5.74) is 3.15. The number of nitrogens with one attached hydrogen (secondary N) is 2. The zero-order valence-corrected chi connectivity index (χ0v) is 30.0. The van der Waals surface area contributed by atoms with E-state index in [9.17, 15) is 22.8 Å². The van der Waals surface area contributed by atoms with Crippen LogP contribution in [0.15, 0.2) is 34.2 Å². The second kappa shape index (κ2) is 14.5. The highest BCUT2D eigenvalue weighted by Gasteiger charge is 2.48. The van der Waals surface area contributed by atoms with Gasteiger partial charge in [0.15, 0.2) is 11.5 Å². The molecular formula is C36H45F3N6O4S. The number of hydrogen-bond acceptors (Lipinski definition) is 9. The van der Waals surface area contributed by atoms with E-state index in [1.807, 2.05) is 26.2 Å². The monoisotopic (exact) mass is 714 g/mol. The van der Waals surface area contributed by atoms with Crippen LogP contribution in [-0.2, 0) is 6.54 Å². The van der Waals surface area contributed by atoms with Crippen molar-refractivity contribution in [3.63, 3.8) is 0 Å². The Morgan fingerprint density at radius 3 is 2.38 bits per heavy atom. The highest BCUT2D eigenvalue weighted by atomic mass is 32.2. The molecule has 2 aliphatic heterocycles. The molecule has 1 saturated heterocycles. The summed E-state index contributed by atoms with van der Waals surface area (Å²) in [6, 6.07) is 3.46. The molecule has 10 nitrogen and oxygen atoms in total. The van der Waals surface area contributed by atoms with E-state index in [1.54, 1.807) is 25.4 Å². The number of halogens is 3. The zero-order valence-electron chi connectivity index (χ0n) is 29.2. The maximum atomic E-state index is 13.9. The maximum Gasteiger partial charge on any atom is 0.401 e. The number of benzene rings is 1. The molecule has 1 aromatic carbocycles. The molecule has 2 N–H and O–H groups in total. The largest absolute Gasteiger partial charge is 0.448 e. The highest BCUT2D eigenvalue weighted by Crippen LogP contribution is 2.53. The smallest absolute Gasteiger partial charge is 0.401 e. The van der Waals surface area contributed by atoms with Crippen LogP contribution in [-0.4, -0.2) is 76.7 Å². The standard InChI is InChI=1S/C36H45F3N6O4S/c1-21-15-29(50-5)28(33(47)43-21)19-40-32(46)26-16-27(23-17-41-34(42-18-23)45-13-7-6-8-14-45)31-30(22(26)2)48-35(3,49-31)24-9-11-25(12-10-24)44(4)20-36(37,38)39/h15-18,24-25H,6-14,19-20H2,1-5H3,(H,40,46)(H,43,47)/t24-,25-,35?. The number of pyridine rings is 1. The first-order chi connectivity index (χ1) is 23.8. The number of H-pyrrole nitrogens is 1. The van der Waals surface area contributed by atoms with E-state index in [1.165, 1.54) is 30.1 Å². The van der Waals surface area contributed by atoms with Crippen LogP contribution in [0.4, 0.5) is 19.1 Å². The Hall–Kier alpha value is -3.78. The fraction of sp³-hybridized carbons (Fsp3) is 0.556. The van der Waals surface area contributed by atoms with Crippen molar-refractivity contribution in [3.8, 4) is 22.6 Å². The molecule has 0 spiro atoms. The van der Waals surface area contributed by atoms with Crippen LogP contribution >= 0.6 is 11.8 Å². The number of ether oxygens (including phenoxy) is 2. The van der Waals surface area contributed by atoms with E-state index in [0.29, 0.717) is 70.9 Å². The first kappa shape index (κ1) is 36.0. The number of alkyl halides is 3. The van der Waals surface area contributed by atoms with Gasteiger partial charge in [0.1, 0.15) is 0 Å². The van der Waals surface area contributed by atoms with Crippen molar-refractivity contribution < 1.29 is 27.4 Å². The number of anilines is 1. The summed E-state index contributed by atoms with van der Waals surface area (Å²) in [5.74, 6) is -0.00355. The predicted octanol–water partition coefficient (Wildman–Crippen LogP) is 6.63. The van der Waals surface area contributed by atoms with Crippen LogP contribution in [0.3, 0.4) is 0 Å². The number of thioether (sulfide) groups is 1. The summed E-state index contributed by atoms with van der Waals surface area (Å²) in [4.78, 5) is 43.2. The van der Waals surface area contributed by atoms with Crippen molar-refractivity contribution in [1.29, 1.82) is 0 Å². The SMILES string of the molecule is CSc1cc(C)[nH]c(=O)c1CNC(=O)c1cc(-c2cnc(N3CCCCC3)nc2)c2c(c1C)OC(C)([C@H]1CC[C@H](N(C)CC(F)(F)F)CC1)O2. The fourth-order valence-corrected chi connectivity index (χ4v) is 8.18. The number of nitrogens with zero attached hydrogens (tertiary/aromatic N) is 4. The number of carbonyl (C=O) groups is 1. The normalized spacial score (nSPS) is 22.2. The van der Waals surface area contributed by atoms with Gasteiger partial charge >= 0.3 is 6.18 Å². The van der Waals surface area contributed by atoms with Crippen molar-refractivity contribution in [3.05, 3.63) is 57.3 Å². The van der Waals surface area contributed by atoms with Gasteiger partial charge in [-0.15, -0.1) is 11.8 Å². The minimum atomic E-state index is -4.25. The van der Waals surface area contributed by atoms with E-state index in [2.05, 4.69) is 25.2 Å². The van der Waals surface area contributed by atoms with Crippen LogP contribution in [0.1, 0.15) is 79.0 Å². The molecule has 1 unspecified atom stereocenters. The molecule has 50 heavy (non-hydrogen) atoms. The van der Waals surface area contributed by atoms with Gasteiger partial charge < -0.3 is 24.7 Å². The van der Waals surface area contributed by atoms with Crippen LogP contribution in [0, 0.1) is 19.8 Å². The Kier molecular flexibility index (Phi) is 10.4. The third kappa shape index (κ3) is 7.60. The Labute approximate surface area is 294 Å². The summed E-state index contributed by atoms with van der Waals surface area (Å²) < 4.78 is 52.6. The number of rotatable bonds is 9. The molecule has 6 rings (SSSR count). The number of carbonyl (C=O) groups excluding carboxylic acids is 1. The van der Waals surface area contributed by atoms with Gasteiger partial charge in [-0.05, 0) is 84.2 Å². The summed E-state index contributed by atoms with van der Waals surface area (Å²) in [6.07, 6.45) is 6.88. The molecule has 1 amide bonds. The van der Waals surface area contributed by atoms with E-state index < -0.39 is 18.5 Å². The minimum Gasteiger partial charge on any atom is -0.448 e. The van der Waals surface area contributed by atoms with Crippen LogP contribution in [0.5, 0.6) is 11.5 Å². The second-order valence-electron chi connectivity index (χ2n) is 13.8. The first-order valence-corrected chi connectivity index (χ1v) is 18.4. The van der Waals surface area contributed by atoms with Crippen molar-refractivity contribution in [2.75, 3.05) is 37.8 Å². The Bertz CT molecular complexity index is 1770. The lowest BCUT2D eigenvalue weighted by Gasteiger charge is -2.40. The van der Waals surface area contributed by atoms with Crippen molar-refractivity contribution in [2.24, 2.45) is 5.92 Å². The van der Waals surface area contributed by atoms with Crippen LogP contribution < -0.4 is 25.2 Å². The minimum absolute atomic E-state index is 0.0330. The van der Waals surface area contributed by atoms with Gasteiger partial charge in [-0.2, -0.15) is 13.2 Å². The lowest BCUT2D eigenvalue weighted by molar-refractivity contribution is -0.153. The van der Waals surface area contributed by atoms with Crippen LogP contribution in [0.2, 0.25) is 0 Å². The van der Waals surface area contributed by atoms with Crippen molar-refractivity contribution in [1.82, 2.24) is 25.2 Å². The molecule has 1 aliphatic carbocycles. The predicted molar refractivity (Wildman–Crippen MR) is 187 cm³/mol. The van der Waals surface area contributed by atoms with Gasteiger partial charge in [0, 0.05) is 89.3 Å². The third-order valence-corrected chi connectivity index (χ3v) is 11.1. The average Bonchev–Trinajstić information content (AvgIpc) is 3.46. The van der Waals surface area contributed by atoms with Crippen LogP contribution in [0.25, 0.3) is 11.1 Å². The summed E-state index contributed by atoms with van der Waals surface area (Å²) >= 11 is 1.44. The summed E-state index contributed by atoms with van der Waals surface area (Å²) in [7, 11) is 1.52. The van der Waals surface area contributed by atoms with E-state index in [0.717, 1.165) is 36.5 Å². The molecule has 1 saturated carbocycles. The van der Waals surface area contributed by atoms with Gasteiger partial charge in [-0.25, -0.2) is 9.97 Å². The zero-order chi connectivity index (χ0) is 35.8. The van der Waals surface area contributed by atoms with Crippen molar-refractivity contribution in [2.45, 2.75) is 95.2 Å². The number of aryl methyl sites for hydroxylation is 1. The molecule has 0 radical (unpaired) electrons. The summed E-state index contributed by atoms with van der Waals surface area (Å²) in [5, 5.41) is 2.94. The lowest BCUT2D eigenvalue weighted by atomic mass is 9.81. The number of piperidine rings is 1. The topological polar surface area (TPSA) is 113 Å². The van der Waals surface area contributed by atoms with Gasteiger partial charge in [-0.1, -0.05) is 0 Å². The van der Waals surface area contributed by atoms with E-state index in [4.69, 9.17) is 9.47 Å². The van der Waals surface area contributed by atoms with Gasteiger partial charge in [0.05, 0.1) is 6.54 Å². The Balaban J connectivity index is 1.29. The van der Waals surface area contributed by atoms with E-state index >= 15 is 0 Å². The number of amides is 1. The number of fused-ring (bicyclic) bond motifs is 1. The van der Waals surface area contributed by atoms with Gasteiger partial charge in [0.25, 0.3) is 17.3 Å². The molecule has 2 fully saturated rings. The van der Waals surface area contributed by atoms with Gasteiger partial charge in [-0.3, -0.25) is 14.5 Å². The molecule has 14 heteroatoms. The van der Waals surface area contributed by atoms with Gasteiger partial charge in [0.2, 0.25) is 5.95 Å². The quantitative estimate of drug-likeness (QED) is 0.236. The fourth-order valence-electron chi connectivity index (χ4n) is 7.47. The third-order valence-electron chi connectivity index (χ3n) is 10.3. The molecule has 270 valence electrons. The Morgan fingerprint density at radius 1 is 1.08 bits per heavy atom. The number of aromatic amines is 1. The molecule has 3 aliphatic rings. The maximum absolute atomic E-state index is 13.9. The molecule has 3 aromatic rings. The number of aromatic nitrogens is 3. The molecule has 0 bridgehead atoms. The van der Waals surface area contributed by atoms with E-state index in [-0.39, 0.29) is 30.0 Å². The van der Waals surface area contributed by atoms with Crippen molar-refractivity contribution >= 4 is 23.6 Å². The second-order valence-corrected chi connectivity index (χ2v) is 14.7. The highest BCUT2D eigenvalue weighted by molar-refractivity contribution is 7.98.